The van der Waals surface area contributed by atoms with Gasteiger partial charge in [0.2, 0.25) is 5.91 Å². The van der Waals surface area contributed by atoms with E-state index in [2.05, 4.69) is 13.0 Å². The molecule has 1 aliphatic rings. The molecule has 3 nitrogen and oxygen atoms in total. The molecule has 0 saturated carbocycles. The predicted molar refractivity (Wildman–Crippen MR) is 96.8 cm³/mol. The number of carbonyl (C=O) groups is 2. The maximum atomic E-state index is 12.9. The molecule has 0 aromatic heterocycles. The van der Waals surface area contributed by atoms with Gasteiger partial charge in [-0.15, -0.1) is 0 Å². The molecule has 24 heavy (non-hydrogen) atoms. The highest BCUT2D eigenvalue weighted by atomic mass is 35.5. The lowest BCUT2D eigenvalue weighted by atomic mass is 9.74. The summed E-state index contributed by atoms with van der Waals surface area (Å²) in [6.45, 7) is 4.10. The molecule has 0 N–H and O–H groups in total. The van der Waals surface area contributed by atoms with Crippen LogP contribution in [0.4, 0.5) is 5.69 Å². The van der Waals surface area contributed by atoms with Gasteiger partial charge in [-0.05, 0) is 48.2 Å². The molecule has 0 bridgehead atoms. The number of carbonyl (C=O) groups excluding carboxylic acids is 2. The van der Waals surface area contributed by atoms with Gasteiger partial charge in [-0.1, -0.05) is 35.9 Å². The van der Waals surface area contributed by atoms with E-state index in [1.165, 1.54) is 5.56 Å². The van der Waals surface area contributed by atoms with Crippen molar-refractivity contribution in [1.82, 2.24) is 0 Å². The molecular formula is C20H20ClNO2. The zero-order valence-corrected chi connectivity index (χ0v) is 14.8. The van der Waals surface area contributed by atoms with Gasteiger partial charge in [-0.2, -0.15) is 0 Å². The van der Waals surface area contributed by atoms with Crippen LogP contribution in [-0.4, -0.2) is 19.2 Å². The van der Waals surface area contributed by atoms with Gasteiger partial charge < -0.3 is 9.69 Å². The number of rotatable bonds is 3. The first-order valence-corrected chi connectivity index (χ1v) is 8.40. The maximum absolute atomic E-state index is 12.9. The second kappa shape index (κ2) is 6.40. The van der Waals surface area contributed by atoms with Gasteiger partial charge in [0, 0.05) is 30.1 Å². The van der Waals surface area contributed by atoms with E-state index >= 15 is 0 Å². The summed E-state index contributed by atoms with van der Waals surface area (Å²) in [4.78, 5) is 25.8. The van der Waals surface area contributed by atoms with Crippen molar-refractivity contribution in [1.29, 1.82) is 0 Å². The molecule has 0 saturated heterocycles. The Kier molecular flexibility index (Phi) is 4.46. The number of amides is 1. The number of hydrogen-bond acceptors (Lipinski definition) is 2. The molecule has 1 aliphatic heterocycles. The Hall–Kier alpha value is -2.13. The Morgan fingerprint density at radius 2 is 1.79 bits per heavy atom. The van der Waals surface area contributed by atoms with Crippen LogP contribution in [0.2, 0.25) is 5.02 Å². The van der Waals surface area contributed by atoms with Crippen molar-refractivity contribution in [2.24, 2.45) is 5.92 Å². The zero-order valence-electron chi connectivity index (χ0n) is 14.0. The van der Waals surface area contributed by atoms with Crippen molar-refractivity contribution in [2.45, 2.75) is 26.2 Å². The Labute approximate surface area is 147 Å². The van der Waals surface area contributed by atoms with Crippen molar-refractivity contribution in [3.63, 3.8) is 0 Å². The molecular weight excluding hydrogens is 322 g/mol. The molecule has 4 heteroatoms. The molecule has 2 unspecified atom stereocenters. The average Bonchev–Trinajstić information content (AvgIpc) is 2.56. The van der Waals surface area contributed by atoms with Crippen LogP contribution in [-0.2, 0) is 9.59 Å². The summed E-state index contributed by atoms with van der Waals surface area (Å²) in [6.07, 6.45) is 1.01. The minimum absolute atomic E-state index is 0.0391. The maximum Gasteiger partial charge on any atom is 0.231 e. The van der Waals surface area contributed by atoms with Crippen LogP contribution in [0.3, 0.4) is 0 Å². The highest BCUT2D eigenvalue weighted by Gasteiger charge is 2.40. The van der Waals surface area contributed by atoms with Crippen LogP contribution < -0.4 is 4.90 Å². The van der Waals surface area contributed by atoms with Crippen LogP contribution >= 0.6 is 11.6 Å². The zero-order chi connectivity index (χ0) is 17.4. The van der Waals surface area contributed by atoms with Gasteiger partial charge in [0.1, 0.15) is 6.29 Å². The number of halogens is 1. The van der Waals surface area contributed by atoms with Crippen LogP contribution in [0, 0.1) is 19.8 Å². The van der Waals surface area contributed by atoms with E-state index in [0.29, 0.717) is 5.02 Å². The number of aryl methyl sites for hydroxylation is 2. The standard InChI is InChI=1S/C20H20ClNO2/c1-12-10-16-18(11-13(12)2)22(3)20(24)15(8-9-23)19(16)14-6-4-5-7-17(14)21/h4-7,9-11,15,19H,8H2,1-3H3. The molecule has 1 heterocycles. The number of anilines is 1. The Bertz CT molecular complexity index is 815. The van der Waals surface area contributed by atoms with Crippen LogP contribution in [0.1, 0.15) is 34.6 Å². The first-order chi connectivity index (χ1) is 11.5. The Balaban J connectivity index is 2.28. The summed E-state index contributed by atoms with van der Waals surface area (Å²) >= 11 is 6.43. The number of fused-ring (bicyclic) bond motifs is 1. The highest BCUT2D eigenvalue weighted by molar-refractivity contribution is 6.31. The fourth-order valence-corrected chi connectivity index (χ4v) is 3.80. The summed E-state index contributed by atoms with van der Waals surface area (Å²) in [5.74, 6) is -0.674. The fraction of sp³-hybridized carbons (Fsp3) is 0.300. The second-order valence-corrected chi connectivity index (χ2v) is 6.81. The van der Waals surface area contributed by atoms with Crippen molar-refractivity contribution in [2.75, 3.05) is 11.9 Å². The van der Waals surface area contributed by atoms with Crippen molar-refractivity contribution >= 4 is 29.5 Å². The molecule has 0 radical (unpaired) electrons. The molecule has 1 amide bonds. The number of aldehydes is 1. The molecule has 0 fully saturated rings. The summed E-state index contributed by atoms with van der Waals surface area (Å²) < 4.78 is 0. The smallest absolute Gasteiger partial charge is 0.231 e. The van der Waals surface area contributed by atoms with E-state index in [0.717, 1.165) is 28.7 Å². The first-order valence-electron chi connectivity index (χ1n) is 8.02. The van der Waals surface area contributed by atoms with Crippen LogP contribution in [0.25, 0.3) is 0 Å². The van der Waals surface area contributed by atoms with Gasteiger partial charge in [-0.25, -0.2) is 0 Å². The van der Waals surface area contributed by atoms with E-state index in [9.17, 15) is 9.59 Å². The van der Waals surface area contributed by atoms with E-state index in [4.69, 9.17) is 11.6 Å². The van der Waals surface area contributed by atoms with Gasteiger partial charge in [-0.3, -0.25) is 4.79 Å². The van der Waals surface area contributed by atoms with E-state index in [1.54, 1.807) is 11.9 Å². The average molecular weight is 342 g/mol. The largest absolute Gasteiger partial charge is 0.315 e. The molecule has 3 rings (SSSR count). The minimum Gasteiger partial charge on any atom is -0.315 e. The van der Waals surface area contributed by atoms with E-state index in [-0.39, 0.29) is 18.2 Å². The van der Waals surface area contributed by atoms with Crippen molar-refractivity contribution in [3.8, 4) is 0 Å². The molecule has 2 aromatic carbocycles. The summed E-state index contributed by atoms with van der Waals surface area (Å²) in [5, 5.41) is 0.625. The van der Waals surface area contributed by atoms with Crippen LogP contribution in [0.15, 0.2) is 36.4 Å². The van der Waals surface area contributed by atoms with Crippen molar-refractivity contribution < 1.29 is 9.59 Å². The number of hydrogen-bond donors (Lipinski definition) is 0. The minimum atomic E-state index is -0.429. The molecule has 0 spiro atoms. The third-order valence-electron chi connectivity index (χ3n) is 4.98. The molecule has 124 valence electrons. The number of benzene rings is 2. The summed E-state index contributed by atoms with van der Waals surface area (Å²) in [6, 6.07) is 11.7. The quantitative estimate of drug-likeness (QED) is 0.782. The van der Waals surface area contributed by atoms with Crippen molar-refractivity contribution in [3.05, 3.63) is 63.7 Å². The lowest BCUT2D eigenvalue weighted by Gasteiger charge is -2.38. The summed E-state index contributed by atoms with van der Waals surface area (Å²) in [5.41, 5.74) is 5.16. The van der Waals surface area contributed by atoms with Gasteiger partial charge in [0.25, 0.3) is 0 Å². The second-order valence-electron chi connectivity index (χ2n) is 6.40. The lowest BCUT2D eigenvalue weighted by molar-refractivity contribution is -0.125. The van der Waals surface area contributed by atoms with E-state index in [1.807, 2.05) is 37.3 Å². The normalized spacial score (nSPS) is 20.0. The number of nitrogens with zero attached hydrogens (tertiary/aromatic N) is 1. The lowest BCUT2D eigenvalue weighted by Crippen LogP contribution is -2.41. The topological polar surface area (TPSA) is 37.4 Å². The first kappa shape index (κ1) is 16.7. The third kappa shape index (κ3) is 2.63. The summed E-state index contributed by atoms with van der Waals surface area (Å²) in [7, 11) is 1.77. The van der Waals surface area contributed by atoms with Gasteiger partial charge in [0.05, 0.1) is 5.92 Å². The Morgan fingerprint density at radius 3 is 2.46 bits per heavy atom. The molecule has 0 aliphatic carbocycles. The Morgan fingerprint density at radius 1 is 1.12 bits per heavy atom. The van der Waals surface area contributed by atoms with E-state index < -0.39 is 5.92 Å². The third-order valence-corrected chi connectivity index (χ3v) is 5.32. The van der Waals surface area contributed by atoms with Gasteiger partial charge >= 0.3 is 0 Å². The predicted octanol–water partition coefficient (Wildman–Crippen LogP) is 4.27. The highest BCUT2D eigenvalue weighted by Crippen LogP contribution is 2.46. The fourth-order valence-electron chi connectivity index (χ4n) is 3.54. The molecule has 2 atom stereocenters. The monoisotopic (exact) mass is 341 g/mol. The van der Waals surface area contributed by atoms with Crippen LogP contribution in [0.5, 0.6) is 0 Å². The molecule has 2 aromatic rings. The SMILES string of the molecule is Cc1cc2c(cc1C)N(C)C(=O)C(CC=O)C2c1ccccc1Cl. The van der Waals surface area contributed by atoms with Gasteiger partial charge in [0.15, 0.2) is 0 Å².